The van der Waals surface area contributed by atoms with Gasteiger partial charge in [0.05, 0.1) is 39.0 Å². The second-order valence-corrected chi connectivity index (χ2v) is 10.9. The molecule has 3 amide bonds. The van der Waals surface area contributed by atoms with E-state index in [9.17, 15) is 19.2 Å². The summed E-state index contributed by atoms with van der Waals surface area (Å²) in [6, 6.07) is 7.80. The Morgan fingerprint density at radius 2 is 1.75 bits per heavy atom. The van der Waals surface area contributed by atoms with Crippen molar-refractivity contribution in [2.75, 3.05) is 46.0 Å². The summed E-state index contributed by atoms with van der Waals surface area (Å²) in [5.74, 6) is -1.44. The van der Waals surface area contributed by atoms with Crippen molar-refractivity contribution >= 4 is 23.5 Å². The summed E-state index contributed by atoms with van der Waals surface area (Å²) in [7, 11) is 0. The van der Waals surface area contributed by atoms with Crippen LogP contribution in [0.2, 0.25) is 0 Å². The van der Waals surface area contributed by atoms with Crippen molar-refractivity contribution in [3.8, 4) is 0 Å². The lowest BCUT2D eigenvalue weighted by molar-refractivity contribution is -0.132. The standard InChI is InChI=1S/C23H32N4O6.C7H12.3H2/c1-16(25-20(29)14-27-8-10-32-11-9-27)22(31)24-13-19(28)26-18(21(30)23(2)15-33-23)12-17-6-4-3-5-7-17;1-7-5-3-2-4-6-7;;;/h3-7,16,18H,8-15H2,1-2H3,(H,24,31)(H,25,29)(H,26,28);5H,2-4,6H2,1H3;3*1H/t16-,18-,23+;;;;/m0..../s1. The third-order valence-electron chi connectivity index (χ3n) is 7.22. The van der Waals surface area contributed by atoms with Gasteiger partial charge in [-0.05, 0) is 58.4 Å². The first kappa shape index (κ1) is 31.4. The molecule has 2 fully saturated rings. The SMILES string of the molecule is CC1=CCCCC1.C[C@H](NC(=O)CN1CCOCC1)C(=O)NCC(=O)N[C@@H](Cc1ccccc1)C(=O)[C@@]1(C)CO1.[HH].[HH].[HH]. The van der Waals surface area contributed by atoms with Gasteiger partial charge in [-0.15, -0.1) is 0 Å². The summed E-state index contributed by atoms with van der Waals surface area (Å²) < 4.78 is 10.5. The Morgan fingerprint density at radius 3 is 2.33 bits per heavy atom. The van der Waals surface area contributed by atoms with E-state index in [4.69, 9.17) is 9.47 Å². The number of Topliss-reactive ketones (excluding diaryl/α,β-unsaturated/α-hetero) is 1. The molecule has 0 aromatic heterocycles. The minimum Gasteiger partial charge on any atom is -0.379 e. The Bertz CT molecular complexity index is 1050. The quantitative estimate of drug-likeness (QED) is 0.279. The second kappa shape index (κ2) is 15.6. The van der Waals surface area contributed by atoms with Gasteiger partial charge >= 0.3 is 0 Å². The summed E-state index contributed by atoms with van der Waals surface area (Å²) in [4.78, 5) is 51.7. The van der Waals surface area contributed by atoms with E-state index < -0.39 is 29.5 Å². The molecular weight excluding hydrogens is 512 g/mol. The van der Waals surface area contributed by atoms with Crippen LogP contribution in [0, 0.1) is 0 Å². The minimum absolute atomic E-state index is 0. The molecule has 1 aromatic rings. The van der Waals surface area contributed by atoms with Crippen LogP contribution < -0.4 is 16.0 Å². The van der Waals surface area contributed by atoms with Gasteiger partial charge in [-0.25, -0.2) is 0 Å². The van der Waals surface area contributed by atoms with Crippen molar-refractivity contribution in [3.05, 3.63) is 47.5 Å². The molecule has 3 atom stereocenters. The molecule has 0 spiro atoms. The van der Waals surface area contributed by atoms with Crippen LogP contribution in [-0.2, 0) is 35.1 Å². The van der Waals surface area contributed by atoms with Gasteiger partial charge < -0.3 is 25.4 Å². The van der Waals surface area contributed by atoms with Crippen LogP contribution >= 0.6 is 0 Å². The number of carbonyl (C=O) groups is 4. The molecule has 2 heterocycles. The lowest BCUT2D eigenvalue weighted by Gasteiger charge is -2.26. The maximum Gasteiger partial charge on any atom is 0.242 e. The molecule has 4 rings (SSSR count). The van der Waals surface area contributed by atoms with Crippen molar-refractivity contribution in [1.82, 2.24) is 20.9 Å². The molecule has 0 radical (unpaired) electrons. The summed E-state index contributed by atoms with van der Waals surface area (Å²) in [5.41, 5.74) is 1.61. The van der Waals surface area contributed by atoms with Gasteiger partial charge in [0.15, 0.2) is 5.78 Å². The van der Waals surface area contributed by atoms with Gasteiger partial charge in [-0.3, -0.25) is 24.1 Å². The fourth-order valence-corrected chi connectivity index (χ4v) is 4.56. The molecule has 10 nitrogen and oxygen atoms in total. The number of epoxide rings is 1. The van der Waals surface area contributed by atoms with E-state index in [1.165, 1.54) is 25.7 Å². The summed E-state index contributed by atoms with van der Waals surface area (Å²) >= 11 is 0. The number of nitrogens with one attached hydrogen (secondary N) is 3. The van der Waals surface area contributed by atoms with Crippen molar-refractivity contribution in [2.24, 2.45) is 0 Å². The highest BCUT2D eigenvalue weighted by Crippen LogP contribution is 2.29. The topological polar surface area (TPSA) is 129 Å². The number of morpholine rings is 1. The average Bonchev–Trinajstić information content (AvgIpc) is 3.71. The van der Waals surface area contributed by atoms with Gasteiger partial charge in [0.2, 0.25) is 17.7 Å². The first-order valence-electron chi connectivity index (χ1n) is 14.2. The number of ketones is 1. The Labute approximate surface area is 241 Å². The zero-order valence-electron chi connectivity index (χ0n) is 24.0. The fourth-order valence-electron chi connectivity index (χ4n) is 4.56. The molecule has 0 bridgehead atoms. The van der Waals surface area contributed by atoms with Crippen LogP contribution in [0.3, 0.4) is 0 Å². The third kappa shape index (κ3) is 10.8. The van der Waals surface area contributed by atoms with Crippen LogP contribution in [0.5, 0.6) is 0 Å². The van der Waals surface area contributed by atoms with Crippen molar-refractivity contribution in [1.29, 1.82) is 0 Å². The highest BCUT2D eigenvalue weighted by Gasteiger charge is 2.50. The Hall–Kier alpha value is -3.08. The molecule has 2 aliphatic heterocycles. The normalized spacial score (nSPS) is 21.9. The predicted molar refractivity (Wildman–Crippen MR) is 158 cm³/mol. The zero-order valence-corrected chi connectivity index (χ0v) is 24.0. The number of hydrogen-bond acceptors (Lipinski definition) is 7. The van der Waals surface area contributed by atoms with Crippen LogP contribution in [0.25, 0.3) is 0 Å². The number of amides is 3. The number of benzene rings is 1. The molecule has 40 heavy (non-hydrogen) atoms. The van der Waals surface area contributed by atoms with Crippen molar-refractivity contribution < 1.29 is 32.9 Å². The average molecular weight is 563 g/mol. The summed E-state index contributed by atoms with van der Waals surface area (Å²) in [5, 5.41) is 7.86. The van der Waals surface area contributed by atoms with Gasteiger partial charge in [0, 0.05) is 17.4 Å². The van der Waals surface area contributed by atoms with Crippen LogP contribution in [0.15, 0.2) is 42.0 Å². The van der Waals surface area contributed by atoms with E-state index in [1.807, 2.05) is 35.2 Å². The predicted octanol–water partition coefficient (Wildman–Crippen LogP) is 2.27. The van der Waals surface area contributed by atoms with E-state index in [2.05, 4.69) is 29.0 Å². The maximum atomic E-state index is 12.8. The summed E-state index contributed by atoms with van der Waals surface area (Å²) in [6.07, 6.45) is 8.18. The fraction of sp³-hybridized carbons (Fsp3) is 0.600. The van der Waals surface area contributed by atoms with Crippen LogP contribution in [0.4, 0.5) is 0 Å². The van der Waals surface area contributed by atoms with Crippen LogP contribution in [0.1, 0.15) is 56.3 Å². The Morgan fingerprint density at radius 1 is 1.05 bits per heavy atom. The van der Waals surface area contributed by atoms with Gasteiger partial charge in [-0.1, -0.05) is 42.0 Å². The molecule has 1 aromatic carbocycles. The molecule has 3 aliphatic rings. The number of hydrogen-bond donors (Lipinski definition) is 3. The van der Waals surface area contributed by atoms with E-state index in [0.29, 0.717) is 39.3 Å². The highest BCUT2D eigenvalue weighted by atomic mass is 16.6. The number of rotatable bonds is 11. The largest absolute Gasteiger partial charge is 0.379 e. The molecule has 226 valence electrons. The van der Waals surface area contributed by atoms with Crippen molar-refractivity contribution in [2.45, 2.75) is 70.6 Å². The van der Waals surface area contributed by atoms with Gasteiger partial charge in [0.1, 0.15) is 11.6 Å². The minimum atomic E-state index is -0.880. The van der Waals surface area contributed by atoms with Crippen LogP contribution in [-0.4, -0.2) is 92.1 Å². The zero-order chi connectivity index (χ0) is 29.0. The molecule has 0 saturated carbocycles. The van der Waals surface area contributed by atoms with Gasteiger partial charge in [-0.2, -0.15) is 0 Å². The molecule has 10 heteroatoms. The Kier molecular flexibility index (Phi) is 12.3. The smallest absolute Gasteiger partial charge is 0.242 e. The Balaban J connectivity index is 0.00000155. The number of carbonyl (C=O) groups excluding carboxylic acids is 4. The second-order valence-electron chi connectivity index (χ2n) is 10.9. The maximum absolute atomic E-state index is 12.8. The van der Waals surface area contributed by atoms with E-state index in [-0.39, 0.29) is 29.1 Å². The first-order chi connectivity index (χ1) is 19.2. The lowest BCUT2D eigenvalue weighted by atomic mass is 9.95. The first-order valence-corrected chi connectivity index (χ1v) is 14.2. The summed E-state index contributed by atoms with van der Waals surface area (Å²) in [6.45, 7) is 8.17. The lowest BCUT2D eigenvalue weighted by Crippen LogP contribution is -2.53. The third-order valence-corrected chi connectivity index (χ3v) is 7.22. The van der Waals surface area contributed by atoms with E-state index in [0.717, 1.165) is 5.56 Å². The molecule has 1 aliphatic carbocycles. The van der Waals surface area contributed by atoms with E-state index >= 15 is 0 Å². The highest BCUT2D eigenvalue weighted by molar-refractivity contribution is 5.97. The number of nitrogens with zero attached hydrogens (tertiary/aromatic N) is 1. The molecule has 3 N–H and O–H groups in total. The molecule has 0 unspecified atom stereocenters. The van der Waals surface area contributed by atoms with Gasteiger partial charge in [0.25, 0.3) is 0 Å². The van der Waals surface area contributed by atoms with Crippen molar-refractivity contribution in [3.63, 3.8) is 0 Å². The van der Waals surface area contributed by atoms with E-state index in [1.54, 1.807) is 19.4 Å². The number of allylic oxidation sites excluding steroid dienone is 2. The molecule has 2 saturated heterocycles. The number of ether oxygens (including phenoxy) is 2. The monoisotopic (exact) mass is 562 g/mol. The molecular formula is C30H50N4O6.